The predicted molar refractivity (Wildman–Crippen MR) is 127 cm³/mol. The lowest BCUT2D eigenvalue weighted by Crippen LogP contribution is -2.78. The van der Waals surface area contributed by atoms with E-state index in [1.807, 2.05) is 13.8 Å². The van der Waals surface area contributed by atoms with Crippen molar-refractivity contribution in [2.75, 3.05) is 12.4 Å². The first-order chi connectivity index (χ1) is 15.3. The Morgan fingerprint density at radius 2 is 1.91 bits per heavy atom. The summed E-state index contributed by atoms with van der Waals surface area (Å²) in [6, 6.07) is 2.91. The highest BCUT2D eigenvalue weighted by atomic mass is 35.6. The first-order valence-electron chi connectivity index (χ1n) is 10.1. The van der Waals surface area contributed by atoms with Crippen LogP contribution in [0.25, 0.3) is 0 Å². The summed E-state index contributed by atoms with van der Waals surface area (Å²) in [4.78, 5) is 53.7. The third-order valence-corrected chi connectivity index (χ3v) is 8.34. The second kappa shape index (κ2) is 8.48. The van der Waals surface area contributed by atoms with Gasteiger partial charge in [0.2, 0.25) is 3.79 Å². The van der Waals surface area contributed by atoms with Crippen molar-refractivity contribution in [1.29, 1.82) is 0 Å². The zero-order valence-electron chi connectivity index (χ0n) is 17.8. The van der Waals surface area contributed by atoms with Crippen LogP contribution in [0, 0.1) is 0 Å². The molecule has 12 heteroatoms. The summed E-state index contributed by atoms with van der Waals surface area (Å²) in [6.07, 6.45) is 0. The van der Waals surface area contributed by atoms with Crippen LogP contribution in [0.3, 0.4) is 0 Å². The van der Waals surface area contributed by atoms with Crippen LogP contribution in [-0.4, -0.2) is 72.0 Å². The van der Waals surface area contributed by atoms with E-state index in [-0.39, 0.29) is 17.2 Å². The molecule has 0 radical (unpaired) electrons. The highest BCUT2D eigenvalue weighted by Crippen LogP contribution is 2.48. The van der Waals surface area contributed by atoms with Gasteiger partial charge in [0.05, 0.1) is 16.0 Å². The van der Waals surface area contributed by atoms with Crippen molar-refractivity contribution >= 4 is 81.9 Å². The fourth-order valence-electron chi connectivity index (χ4n) is 4.43. The van der Waals surface area contributed by atoms with Gasteiger partial charge < -0.3 is 9.64 Å². The zero-order valence-corrected chi connectivity index (χ0v) is 21.7. The molecule has 178 valence electrons. The number of fused-ring (bicyclic) bond motifs is 2. The average Bonchev–Trinajstić information content (AvgIpc) is 2.96. The molecule has 0 bridgehead atoms. The van der Waals surface area contributed by atoms with E-state index in [4.69, 9.17) is 51.1 Å². The Kier molecular flexibility index (Phi) is 6.41. The van der Waals surface area contributed by atoms with E-state index in [9.17, 15) is 19.2 Å². The van der Waals surface area contributed by atoms with Gasteiger partial charge in [0.15, 0.2) is 6.04 Å². The Hall–Kier alpha value is -1.19. The van der Waals surface area contributed by atoms with Gasteiger partial charge in [-0.25, -0.2) is 4.79 Å². The monoisotopic (exact) mass is 552 g/mol. The van der Waals surface area contributed by atoms with Gasteiger partial charge in [-0.3, -0.25) is 19.3 Å². The van der Waals surface area contributed by atoms with Crippen molar-refractivity contribution in [2.24, 2.45) is 0 Å². The van der Waals surface area contributed by atoms with Crippen LogP contribution < -0.4 is 0 Å². The molecule has 2 saturated heterocycles. The summed E-state index contributed by atoms with van der Waals surface area (Å²) >= 11 is 24.9. The van der Waals surface area contributed by atoms with Gasteiger partial charge in [0.25, 0.3) is 17.7 Å². The minimum atomic E-state index is -1.82. The maximum atomic E-state index is 13.3. The maximum Gasteiger partial charge on any atom is 0.330 e. The van der Waals surface area contributed by atoms with Crippen LogP contribution in [-0.2, 0) is 14.3 Å². The molecular formula is C21H20Cl4N2O5S. The number of hydrogen-bond acceptors (Lipinski definition) is 6. The average molecular weight is 554 g/mol. The van der Waals surface area contributed by atoms with Crippen LogP contribution in [0.5, 0.6) is 0 Å². The molecule has 0 saturated carbocycles. The Bertz CT molecular complexity index is 1060. The maximum absolute atomic E-state index is 13.3. The van der Waals surface area contributed by atoms with Gasteiger partial charge in [-0.05, 0) is 24.5 Å². The number of ether oxygens (including phenoxy) is 1. The number of nitrogens with zero attached hydrogens (tertiary/aromatic N) is 2. The lowest BCUT2D eigenvalue weighted by atomic mass is 9.93. The van der Waals surface area contributed by atoms with Crippen molar-refractivity contribution in [3.63, 3.8) is 0 Å². The molecule has 3 aliphatic heterocycles. The summed E-state index contributed by atoms with van der Waals surface area (Å²) < 4.78 is 3.29. The second-order valence-electron chi connectivity index (χ2n) is 8.70. The molecule has 4 rings (SSSR count). The lowest BCUT2D eigenvalue weighted by molar-refractivity contribution is -0.168. The highest BCUT2D eigenvalue weighted by molar-refractivity contribution is 8.00. The van der Waals surface area contributed by atoms with Crippen molar-refractivity contribution in [1.82, 2.24) is 9.80 Å². The van der Waals surface area contributed by atoms with Gasteiger partial charge >= 0.3 is 5.97 Å². The van der Waals surface area contributed by atoms with Crippen LogP contribution >= 0.6 is 58.2 Å². The number of amides is 3. The number of carbonyl (C=O) groups is 4. The summed E-state index contributed by atoms with van der Waals surface area (Å²) in [7, 11) is 0. The van der Waals surface area contributed by atoms with E-state index in [2.05, 4.69) is 0 Å². The largest absolute Gasteiger partial charge is 0.460 e. The number of imide groups is 1. The fraction of sp³-hybridized carbons (Fsp3) is 0.524. The summed E-state index contributed by atoms with van der Waals surface area (Å²) in [5, 5.41) is -0.639. The molecule has 0 N–H and O–H groups in total. The fourth-order valence-corrected chi connectivity index (χ4v) is 6.43. The van der Waals surface area contributed by atoms with Crippen molar-refractivity contribution in [3.8, 4) is 0 Å². The SMILES string of the molecule is CC(C)c1cccc2c1C(=O)N(C1C(=O)N3C(C(=O)OCC(Cl)(Cl)Cl)[C@](C)(Cl)CS[C@H]13)C2=O. The Morgan fingerprint density at radius 3 is 2.52 bits per heavy atom. The molecule has 3 aliphatic rings. The van der Waals surface area contributed by atoms with Crippen LogP contribution in [0.15, 0.2) is 18.2 Å². The molecule has 2 unspecified atom stereocenters. The van der Waals surface area contributed by atoms with E-state index in [0.717, 1.165) is 10.5 Å². The van der Waals surface area contributed by atoms with Gasteiger partial charge in [0.1, 0.15) is 18.0 Å². The summed E-state index contributed by atoms with van der Waals surface area (Å²) in [6.45, 7) is 4.95. The minimum Gasteiger partial charge on any atom is -0.460 e. The second-order valence-corrected chi connectivity index (χ2v) is 13.2. The van der Waals surface area contributed by atoms with E-state index in [0.29, 0.717) is 5.56 Å². The van der Waals surface area contributed by atoms with Crippen LogP contribution in [0.4, 0.5) is 0 Å². The molecular weight excluding hydrogens is 534 g/mol. The van der Waals surface area contributed by atoms with E-state index >= 15 is 0 Å². The van der Waals surface area contributed by atoms with Gasteiger partial charge in [-0.15, -0.1) is 23.4 Å². The molecule has 4 atom stereocenters. The third-order valence-electron chi connectivity index (χ3n) is 5.92. The minimum absolute atomic E-state index is 0.0170. The molecule has 2 fully saturated rings. The molecule has 7 nitrogen and oxygen atoms in total. The molecule has 0 aromatic heterocycles. The Labute approximate surface area is 215 Å². The van der Waals surface area contributed by atoms with Crippen molar-refractivity contribution in [3.05, 3.63) is 34.9 Å². The molecule has 1 aromatic rings. The standard InChI is InChI=1S/C21H20Cl4N2O5S/c1-9(2)10-5-4-6-11-12(10)16(29)26(15(11)28)13-17(30)27-14(19(31)32-7-21(23,24)25)20(3,22)8-33-18(13)27/h4-6,9,13-14,18H,7-8H2,1-3H3/t13?,14?,18-,20-/m1/s1. The van der Waals surface area contributed by atoms with Crippen LogP contribution in [0.2, 0.25) is 0 Å². The normalized spacial score (nSPS) is 29.2. The number of rotatable bonds is 4. The van der Waals surface area contributed by atoms with E-state index in [1.165, 1.54) is 16.7 Å². The number of thioether (sulfide) groups is 1. The van der Waals surface area contributed by atoms with Crippen molar-refractivity contribution < 1.29 is 23.9 Å². The van der Waals surface area contributed by atoms with Crippen LogP contribution in [0.1, 0.15) is 53.0 Å². The zero-order chi connectivity index (χ0) is 24.5. The number of alkyl halides is 4. The number of carbonyl (C=O) groups excluding carboxylic acids is 4. The predicted octanol–water partition coefficient (Wildman–Crippen LogP) is 3.97. The number of benzene rings is 1. The quantitative estimate of drug-likeness (QED) is 0.243. The third kappa shape index (κ3) is 4.12. The van der Waals surface area contributed by atoms with Gasteiger partial charge in [0, 0.05) is 5.75 Å². The highest BCUT2D eigenvalue weighted by Gasteiger charge is 2.65. The number of β-lactam (4-membered cyclic amide) rings is 1. The Morgan fingerprint density at radius 1 is 1.24 bits per heavy atom. The molecule has 0 aliphatic carbocycles. The summed E-state index contributed by atoms with van der Waals surface area (Å²) in [5.41, 5.74) is 1.35. The first kappa shape index (κ1) is 24.9. The lowest BCUT2D eigenvalue weighted by Gasteiger charge is -2.57. The molecule has 33 heavy (non-hydrogen) atoms. The Balaban J connectivity index is 1.62. The van der Waals surface area contributed by atoms with E-state index < -0.39 is 56.4 Å². The molecule has 1 aromatic carbocycles. The smallest absolute Gasteiger partial charge is 0.330 e. The number of hydrogen-bond donors (Lipinski definition) is 0. The molecule has 3 amide bonds. The van der Waals surface area contributed by atoms with E-state index in [1.54, 1.807) is 25.1 Å². The number of halogens is 4. The summed E-state index contributed by atoms with van der Waals surface area (Å²) in [5.74, 6) is -2.12. The first-order valence-corrected chi connectivity index (χ1v) is 12.7. The molecule has 3 heterocycles. The van der Waals surface area contributed by atoms with Crippen molar-refractivity contribution in [2.45, 2.75) is 52.8 Å². The van der Waals surface area contributed by atoms with Gasteiger partial charge in [-0.1, -0.05) is 60.8 Å². The van der Waals surface area contributed by atoms with Gasteiger partial charge in [-0.2, -0.15) is 0 Å². The number of esters is 1. The topological polar surface area (TPSA) is 84.0 Å². The molecule has 0 spiro atoms.